The van der Waals surface area contributed by atoms with Gasteiger partial charge in [0.05, 0.1) is 17.9 Å². The summed E-state index contributed by atoms with van der Waals surface area (Å²) in [6, 6.07) is 10.1. The summed E-state index contributed by atoms with van der Waals surface area (Å²) < 4.78 is 1.22. The first-order valence-corrected chi connectivity index (χ1v) is 7.22. The number of benzene rings is 1. The van der Waals surface area contributed by atoms with Crippen molar-refractivity contribution in [1.29, 1.82) is 0 Å². The minimum absolute atomic E-state index is 0.0186. The molecule has 5 heteroatoms. The van der Waals surface area contributed by atoms with Crippen LogP contribution in [0.4, 0.5) is 5.69 Å². The molecular weight excluding hydrogens is 286 g/mol. The zero-order valence-electron chi connectivity index (χ0n) is 12.7. The largest absolute Gasteiger partial charge is 0.375 e. The van der Waals surface area contributed by atoms with Crippen LogP contribution in [0.5, 0.6) is 0 Å². The Morgan fingerprint density at radius 1 is 1.24 bits per heavy atom. The van der Waals surface area contributed by atoms with Gasteiger partial charge in [0.2, 0.25) is 0 Å². The lowest BCUT2D eigenvalue weighted by molar-refractivity contribution is 0.347. The fourth-order valence-corrected chi connectivity index (χ4v) is 2.44. The van der Waals surface area contributed by atoms with Crippen molar-refractivity contribution in [3.8, 4) is 0 Å². The average molecular weight is 306 g/mol. The number of nitrogens with zero attached hydrogens (tertiary/aromatic N) is 2. The van der Waals surface area contributed by atoms with Crippen LogP contribution in [-0.2, 0) is 7.05 Å². The van der Waals surface area contributed by atoms with Gasteiger partial charge in [-0.2, -0.15) is 5.10 Å². The number of aromatic nitrogens is 2. The lowest BCUT2D eigenvalue weighted by Gasteiger charge is -2.33. The Morgan fingerprint density at radius 2 is 1.86 bits per heavy atom. The zero-order chi connectivity index (χ0) is 15.6. The highest BCUT2D eigenvalue weighted by molar-refractivity contribution is 6.32. The first-order valence-electron chi connectivity index (χ1n) is 6.84. The van der Waals surface area contributed by atoms with Gasteiger partial charge in [-0.15, -0.1) is 0 Å². The molecule has 1 aromatic carbocycles. The van der Waals surface area contributed by atoms with Crippen LogP contribution in [0.25, 0.3) is 0 Å². The molecule has 0 amide bonds. The van der Waals surface area contributed by atoms with Crippen LogP contribution in [0.1, 0.15) is 32.4 Å². The third-order valence-electron chi connectivity index (χ3n) is 3.38. The molecule has 21 heavy (non-hydrogen) atoms. The SMILES string of the molecule is Cn1ncc(NC(c2ccccc2)C(C)(C)C)c(Cl)c1=O. The number of aryl methyl sites for hydroxylation is 1. The summed E-state index contributed by atoms with van der Waals surface area (Å²) in [6.45, 7) is 6.42. The number of hydrogen-bond donors (Lipinski definition) is 1. The Bertz CT molecular complexity index is 674. The van der Waals surface area contributed by atoms with Crippen molar-refractivity contribution in [2.24, 2.45) is 12.5 Å². The van der Waals surface area contributed by atoms with Crippen LogP contribution in [0, 0.1) is 5.41 Å². The fourth-order valence-electron chi connectivity index (χ4n) is 2.21. The van der Waals surface area contributed by atoms with Gasteiger partial charge in [0.1, 0.15) is 5.02 Å². The zero-order valence-corrected chi connectivity index (χ0v) is 13.5. The van der Waals surface area contributed by atoms with Crippen molar-refractivity contribution in [1.82, 2.24) is 9.78 Å². The van der Waals surface area contributed by atoms with Crippen LogP contribution in [0.3, 0.4) is 0 Å². The number of rotatable bonds is 3. The molecule has 4 nitrogen and oxygen atoms in total. The Labute approximate surface area is 129 Å². The number of anilines is 1. The Hall–Kier alpha value is -1.81. The van der Waals surface area contributed by atoms with E-state index in [1.165, 1.54) is 4.68 Å². The van der Waals surface area contributed by atoms with Crippen molar-refractivity contribution >= 4 is 17.3 Å². The topological polar surface area (TPSA) is 46.9 Å². The van der Waals surface area contributed by atoms with Gasteiger partial charge in [-0.3, -0.25) is 4.79 Å². The van der Waals surface area contributed by atoms with Crippen LogP contribution >= 0.6 is 11.6 Å². The summed E-state index contributed by atoms with van der Waals surface area (Å²) in [5.41, 5.74) is 1.35. The molecule has 0 saturated carbocycles. The summed E-state index contributed by atoms with van der Waals surface area (Å²) in [7, 11) is 1.58. The van der Waals surface area contributed by atoms with E-state index in [-0.39, 0.29) is 22.0 Å². The smallest absolute Gasteiger partial charge is 0.287 e. The molecule has 0 aliphatic carbocycles. The predicted molar refractivity (Wildman–Crippen MR) is 86.7 cm³/mol. The molecule has 1 N–H and O–H groups in total. The Balaban J connectivity index is 2.42. The molecule has 1 unspecified atom stereocenters. The van der Waals surface area contributed by atoms with E-state index in [0.717, 1.165) is 5.56 Å². The van der Waals surface area contributed by atoms with Crippen LogP contribution in [-0.4, -0.2) is 9.78 Å². The molecule has 112 valence electrons. The highest BCUT2D eigenvalue weighted by Gasteiger charge is 2.27. The molecular formula is C16H20ClN3O. The van der Waals surface area contributed by atoms with Crippen molar-refractivity contribution < 1.29 is 0 Å². The first-order chi connectivity index (χ1) is 9.80. The lowest BCUT2D eigenvalue weighted by atomic mass is 9.82. The summed E-state index contributed by atoms with van der Waals surface area (Å²) in [5, 5.41) is 7.55. The quantitative estimate of drug-likeness (QED) is 0.942. The maximum absolute atomic E-state index is 11.9. The molecule has 2 aromatic rings. The van der Waals surface area contributed by atoms with Gasteiger partial charge < -0.3 is 5.32 Å². The van der Waals surface area contributed by atoms with Crippen LogP contribution in [0.2, 0.25) is 5.02 Å². The molecule has 1 aromatic heterocycles. The van der Waals surface area contributed by atoms with E-state index in [9.17, 15) is 4.79 Å². The minimum Gasteiger partial charge on any atom is -0.375 e. The molecule has 0 aliphatic heterocycles. The van der Waals surface area contributed by atoms with E-state index < -0.39 is 0 Å². The molecule has 0 bridgehead atoms. The maximum atomic E-state index is 11.9. The molecule has 1 atom stereocenters. The van der Waals surface area contributed by atoms with Gasteiger partial charge in [-0.1, -0.05) is 62.7 Å². The predicted octanol–water partition coefficient (Wildman–Crippen LogP) is 3.63. The van der Waals surface area contributed by atoms with E-state index in [0.29, 0.717) is 5.69 Å². The highest BCUT2D eigenvalue weighted by Crippen LogP contribution is 2.36. The number of halogens is 1. The minimum atomic E-state index is -0.303. The fraction of sp³-hybridized carbons (Fsp3) is 0.375. The highest BCUT2D eigenvalue weighted by atomic mass is 35.5. The molecule has 0 fully saturated rings. The summed E-state index contributed by atoms with van der Waals surface area (Å²) >= 11 is 6.14. The monoisotopic (exact) mass is 305 g/mol. The van der Waals surface area contributed by atoms with Crippen molar-refractivity contribution in [2.45, 2.75) is 26.8 Å². The Kier molecular flexibility index (Phi) is 4.37. The van der Waals surface area contributed by atoms with Gasteiger partial charge >= 0.3 is 0 Å². The van der Waals surface area contributed by atoms with Gasteiger partial charge in [-0.25, -0.2) is 4.68 Å². The van der Waals surface area contributed by atoms with Crippen LogP contribution in [0.15, 0.2) is 41.3 Å². The lowest BCUT2D eigenvalue weighted by Crippen LogP contribution is -2.28. The van der Waals surface area contributed by atoms with E-state index in [1.54, 1.807) is 13.2 Å². The molecule has 1 heterocycles. The average Bonchev–Trinajstić information content (AvgIpc) is 2.44. The molecule has 0 saturated heterocycles. The van der Waals surface area contributed by atoms with Gasteiger partial charge in [0.25, 0.3) is 5.56 Å². The maximum Gasteiger partial charge on any atom is 0.287 e. The second kappa shape index (κ2) is 5.90. The summed E-state index contributed by atoms with van der Waals surface area (Å²) in [4.78, 5) is 11.9. The third-order valence-corrected chi connectivity index (χ3v) is 3.74. The van der Waals surface area contributed by atoms with Crippen molar-refractivity contribution in [3.63, 3.8) is 0 Å². The van der Waals surface area contributed by atoms with E-state index in [1.807, 2.05) is 18.2 Å². The van der Waals surface area contributed by atoms with Gasteiger partial charge in [-0.05, 0) is 11.0 Å². The van der Waals surface area contributed by atoms with Crippen LogP contribution < -0.4 is 10.9 Å². The standard InChI is InChI=1S/C16H20ClN3O/c1-16(2,3)14(11-8-6-5-7-9-11)19-12-10-18-20(4)15(21)13(12)17/h5-10,14,19H,1-4H3. The summed E-state index contributed by atoms with van der Waals surface area (Å²) in [5.74, 6) is 0. The van der Waals surface area contributed by atoms with Crippen molar-refractivity contribution in [2.75, 3.05) is 5.32 Å². The first kappa shape index (κ1) is 15.6. The van der Waals surface area contributed by atoms with E-state index in [4.69, 9.17) is 11.6 Å². The second-order valence-corrected chi connectivity index (χ2v) is 6.53. The molecule has 0 spiro atoms. The second-order valence-electron chi connectivity index (χ2n) is 6.16. The van der Waals surface area contributed by atoms with Gasteiger partial charge in [0.15, 0.2) is 0 Å². The third kappa shape index (κ3) is 3.45. The van der Waals surface area contributed by atoms with Crippen molar-refractivity contribution in [3.05, 3.63) is 57.5 Å². The molecule has 2 rings (SSSR count). The van der Waals surface area contributed by atoms with Gasteiger partial charge in [0, 0.05) is 7.05 Å². The molecule has 0 radical (unpaired) electrons. The Morgan fingerprint density at radius 3 is 2.43 bits per heavy atom. The normalized spacial score (nSPS) is 13.0. The van der Waals surface area contributed by atoms with E-state index >= 15 is 0 Å². The number of nitrogens with one attached hydrogen (secondary N) is 1. The summed E-state index contributed by atoms with van der Waals surface area (Å²) in [6.07, 6.45) is 1.59. The molecule has 0 aliphatic rings. The van der Waals surface area contributed by atoms with E-state index in [2.05, 4.69) is 43.3 Å². The number of hydrogen-bond acceptors (Lipinski definition) is 3.